The van der Waals surface area contributed by atoms with Crippen LogP contribution in [0.1, 0.15) is 12.5 Å². The van der Waals surface area contributed by atoms with Crippen molar-refractivity contribution in [1.82, 2.24) is 9.21 Å². The zero-order chi connectivity index (χ0) is 16.3. The third-order valence-corrected chi connectivity index (χ3v) is 5.90. The van der Waals surface area contributed by atoms with Gasteiger partial charge in [0.1, 0.15) is 0 Å². The maximum Gasteiger partial charge on any atom is 0.243 e. The van der Waals surface area contributed by atoms with Gasteiger partial charge in [-0.15, -0.1) is 0 Å². The van der Waals surface area contributed by atoms with Gasteiger partial charge < -0.3 is 10.6 Å². The molecule has 0 aromatic heterocycles. The second-order valence-corrected chi connectivity index (χ2v) is 7.62. The largest absolute Gasteiger partial charge is 0.340 e. The molecule has 1 aliphatic rings. The molecule has 0 bridgehead atoms. The Balaban J connectivity index is 2.05. The van der Waals surface area contributed by atoms with Gasteiger partial charge in [-0.25, -0.2) is 8.42 Å². The molecule has 0 spiro atoms. The van der Waals surface area contributed by atoms with Crippen molar-refractivity contribution in [3.05, 3.63) is 29.8 Å². The van der Waals surface area contributed by atoms with Gasteiger partial charge in [0.2, 0.25) is 15.9 Å². The van der Waals surface area contributed by atoms with Gasteiger partial charge in [0, 0.05) is 38.6 Å². The van der Waals surface area contributed by atoms with E-state index in [2.05, 4.69) is 0 Å². The number of carbonyl (C=O) groups excluding carboxylic acids is 1. The Hall–Kier alpha value is -1.44. The zero-order valence-corrected chi connectivity index (χ0v) is 13.8. The first-order valence-corrected chi connectivity index (χ1v) is 8.86. The lowest BCUT2D eigenvalue weighted by atomic mass is 10.1. The molecule has 7 heteroatoms. The van der Waals surface area contributed by atoms with Crippen molar-refractivity contribution < 1.29 is 13.2 Å². The number of aryl methyl sites for hydroxylation is 1. The van der Waals surface area contributed by atoms with E-state index in [4.69, 9.17) is 5.73 Å². The lowest BCUT2D eigenvalue weighted by molar-refractivity contribution is -0.135. The molecule has 0 aliphatic carbocycles. The molecular formula is C15H23N3O3S. The number of amides is 1. The summed E-state index contributed by atoms with van der Waals surface area (Å²) in [5.74, 6) is -0.227. The first kappa shape index (κ1) is 16.9. The van der Waals surface area contributed by atoms with Gasteiger partial charge in [-0.05, 0) is 19.1 Å². The van der Waals surface area contributed by atoms with Gasteiger partial charge in [-0.2, -0.15) is 4.31 Å². The predicted molar refractivity (Wildman–Crippen MR) is 84.7 cm³/mol. The average Bonchev–Trinajstić information content (AvgIpc) is 2.54. The molecule has 1 aromatic rings. The van der Waals surface area contributed by atoms with Crippen LogP contribution < -0.4 is 5.73 Å². The molecule has 1 saturated heterocycles. The SMILES string of the molecule is Cc1ccc(S(=O)(=O)N2CCN(C(=O)C(C)CN)CC2)cc1. The number of hydrogen-bond donors (Lipinski definition) is 1. The Labute approximate surface area is 131 Å². The maximum absolute atomic E-state index is 12.6. The minimum atomic E-state index is -3.48. The van der Waals surface area contributed by atoms with Crippen LogP contribution in [0, 0.1) is 12.8 Å². The summed E-state index contributed by atoms with van der Waals surface area (Å²) in [6.07, 6.45) is 0. The summed E-state index contributed by atoms with van der Waals surface area (Å²) in [5, 5.41) is 0. The molecule has 1 unspecified atom stereocenters. The van der Waals surface area contributed by atoms with Crippen LogP contribution in [0.25, 0.3) is 0 Å². The molecule has 22 heavy (non-hydrogen) atoms. The number of hydrogen-bond acceptors (Lipinski definition) is 4. The van der Waals surface area contributed by atoms with Crippen LogP contribution in [-0.4, -0.2) is 56.3 Å². The third kappa shape index (κ3) is 3.48. The second kappa shape index (κ2) is 6.76. The Bertz CT molecular complexity index is 620. The molecule has 1 aliphatic heterocycles. The molecule has 1 fully saturated rings. The van der Waals surface area contributed by atoms with Crippen molar-refractivity contribution in [2.24, 2.45) is 11.7 Å². The van der Waals surface area contributed by atoms with Gasteiger partial charge in [-0.3, -0.25) is 4.79 Å². The van der Waals surface area contributed by atoms with E-state index in [9.17, 15) is 13.2 Å². The molecule has 1 amide bonds. The molecule has 1 aromatic carbocycles. The van der Waals surface area contributed by atoms with E-state index in [0.717, 1.165) is 5.56 Å². The first-order chi connectivity index (χ1) is 10.4. The molecule has 0 radical (unpaired) electrons. The Morgan fingerprint density at radius 3 is 2.23 bits per heavy atom. The van der Waals surface area contributed by atoms with E-state index < -0.39 is 10.0 Å². The Kier molecular flexibility index (Phi) is 5.20. The van der Waals surface area contributed by atoms with Crippen LogP contribution >= 0.6 is 0 Å². The lowest BCUT2D eigenvalue weighted by Crippen LogP contribution is -2.52. The first-order valence-electron chi connectivity index (χ1n) is 7.42. The van der Waals surface area contributed by atoms with Crippen LogP contribution in [0.4, 0.5) is 0 Å². The zero-order valence-electron chi connectivity index (χ0n) is 13.0. The number of carbonyl (C=O) groups is 1. The quantitative estimate of drug-likeness (QED) is 0.870. The summed E-state index contributed by atoms with van der Waals surface area (Å²) < 4.78 is 26.6. The Morgan fingerprint density at radius 1 is 1.18 bits per heavy atom. The van der Waals surface area contributed by atoms with Crippen LogP contribution in [0.15, 0.2) is 29.2 Å². The van der Waals surface area contributed by atoms with E-state index in [-0.39, 0.29) is 11.8 Å². The molecule has 122 valence electrons. The van der Waals surface area contributed by atoms with Crippen molar-refractivity contribution in [2.75, 3.05) is 32.7 Å². The molecule has 6 nitrogen and oxygen atoms in total. The number of piperazine rings is 1. The van der Waals surface area contributed by atoms with E-state index in [1.165, 1.54) is 4.31 Å². The van der Waals surface area contributed by atoms with Crippen molar-refractivity contribution >= 4 is 15.9 Å². The monoisotopic (exact) mass is 325 g/mol. The highest BCUT2D eigenvalue weighted by Gasteiger charge is 2.31. The lowest BCUT2D eigenvalue weighted by Gasteiger charge is -2.35. The third-order valence-electron chi connectivity index (χ3n) is 3.98. The summed E-state index contributed by atoms with van der Waals surface area (Å²) in [4.78, 5) is 14.1. The van der Waals surface area contributed by atoms with E-state index in [0.29, 0.717) is 37.6 Å². The van der Waals surface area contributed by atoms with Crippen molar-refractivity contribution in [2.45, 2.75) is 18.7 Å². The summed E-state index contributed by atoms with van der Waals surface area (Å²) in [6.45, 7) is 5.47. The van der Waals surface area contributed by atoms with Crippen LogP contribution in [-0.2, 0) is 14.8 Å². The summed E-state index contributed by atoms with van der Waals surface area (Å²) in [5.41, 5.74) is 6.53. The van der Waals surface area contributed by atoms with Gasteiger partial charge >= 0.3 is 0 Å². The van der Waals surface area contributed by atoms with E-state index >= 15 is 0 Å². The summed E-state index contributed by atoms with van der Waals surface area (Å²) in [6, 6.07) is 6.82. The minimum absolute atomic E-state index is 0.00474. The van der Waals surface area contributed by atoms with E-state index in [1.54, 1.807) is 36.1 Å². The van der Waals surface area contributed by atoms with E-state index in [1.807, 2.05) is 6.92 Å². The van der Waals surface area contributed by atoms with Crippen molar-refractivity contribution in [3.8, 4) is 0 Å². The van der Waals surface area contributed by atoms with Gasteiger partial charge in [0.25, 0.3) is 0 Å². The number of nitrogens with two attached hydrogens (primary N) is 1. The number of rotatable bonds is 4. The van der Waals surface area contributed by atoms with Gasteiger partial charge in [0.15, 0.2) is 0 Å². The van der Waals surface area contributed by atoms with Crippen LogP contribution in [0.5, 0.6) is 0 Å². The molecule has 1 heterocycles. The fraction of sp³-hybridized carbons (Fsp3) is 0.533. The smallest absolute Gasteiger partial charge is 0.243 e. The average molecular weight is 325 g/mol. The highest BCUT2D eigenvalue weighted by molar-refractivity contribution is 7.89. The highest BCUT2D eigenvalue weighted by Crippen LogP contribution is 2.18. The van der Waals surface area contributed by atoms with Crippen LogP contribution in [0.2, 0.25) is 0 Å². The summed E-state index contributed by atoms with van der Waals surface area (Å²) >= 11 is 0. The topological polar surface area (TPSA) is 83.7 Å². The molecular weight excluding hydrogens is 302 g/mol. The number of sulfonamides is 1. The van der Waals surface area contributed by atoms with Crippen molar-refractivity contribution in [3.63, 3.8) is 0 Å². The van der Waals surface area contributed by atoms with Crippen molar-refractivity contribution in [1.29, 1.82) is 0 Å². The van der Waals surface area contributed by atoms with Gasteiger partial charge in [0.05, 0.1) is 4.90 Å². The Morgan fingerprint density at radius 2 is 1.73 bits per heavy atom. The number of benzene rings is 1. The fourth-order valence-corrected chi connectivity index (χ4v) is 3.84. The van der Waals surface area contributed by atoms with Crippen LogP contribution in [0.3, 0.4) is 0 Å². The minimum Gasteiger partial charge on any atom is -0.340 e. The summed E-state index contributed by atoms with van der Waals surface area (Å²) in [7, 11) is -3.48. The maximum atomic E-state index is 12.6. The second-order valence-electron chi connectivity index (χ2n) is 5.68. The number of nitrogens with zero attached hydrogens (tertiary/aromatic N) is 2. The molecule has 2 rings (SSSR count). The van der Waals surface area contributed by atoms with Gasteiger partial charge in [-0.1, -0.05) is 24.6 Å². The highest BCUT2D eigenvalue weighted by atomic mass is 32.2. The normalized spacial score (nSPS) is 18.2. The fourth-order valence-electron chi connectivity index (χ4n) is 2.42. The molecule has 1 atom stereocenters. The predicted octanol–water partition coefficient (Wildman–Crippen LogP) is 0.423. The molecule has 2 N–H and O–H groups in total. The molecule has 0 saturated carbocycles. The standard InChI is InChI=1S/C15H23N3O3S/c1-12-3-5-14(6-4-12)22(20,21)18-9-7-17(8-10-18)15(19)13(2)11-16/h3-6,13H,7-11,16H2,1-2H3.